The van der Waals surface area contributed by atoms with E-state index < -0.39 is 17.8 Å². The first-order valence-corrected chi connectivity index (χ1v) is 9.82. The Morgan fingerprint density at radius 2 is 1.83 bits per heavy atom. The second-order valence-corrected chi connectivity index (χ2v) is 7.11. The molecule has 0 bridgehead atoms. The van der Waals surface area contributed by atoms with Gasteiger partial charge in [0, 0.05) is 12.2 Å². The minimum Gasteiger partial charge on any atom is -0.481 e. The predicted molar refractivity (Wildman–Crippen MR) is 114 cm³/mol. The number of alkyl halides is 1. The van der Waals surface area contributed by atoms with Crippen molar-refractivity contribution in [3.8, 4) is 0 Å². The zero-order valence-electron chi connectivity index (χ0n) is 15.6. The number of hydrogen-bond acceptors (Lipinski definition) is 4. The normalized spacial score (nSPS) is 16.4. The quantitative estimate of drug-likeness (QED) is 0.511. The number of aliphatic carboxylic acids is 1. The minimum absolute atomic E-state index is 0.00434. The number of carboxylic acid groups (broad SMARTS) is 1. The molecule has 0 aromatic heterocycles. The van der Waals surface area contributed by atoms with Gasteiger partial charge in [-0.1, -0.05) is 54.1 Å². The highest BCUT2D eigenvalue weighted by Gasteiger charge is 2.39. The smallest absolute Gasteiger partial charge is 0.312 e. The van der Waals surface area contributed by atoms with Crippen molar-refractivity contribution in [3.63, 3.8) is 0 Å². The number of carbonyl (C=O) groups excluding carboxylic acids is 1. The van der Waals surface area contributed by atoms with Crippen LogP contribution < -0.4 is 10.3 Å². The molecular weight excluding hydrogens is 413 g/mol. The van der Waals surface area contributed by atoms with Gasteiger partial charge < -0.3 is 10.4 Å². The van der Waals surface area contributed by atoms with Gasteiger partial charge in [-0.2, -0.15) is 10.1 Å². The molecule has 0 saturated carbocycles. The summed E-state index contributed by atoms with van der Waals surface area (Å²) < 4.78 is 0. The van der Waals surface area contributed by atoms with Crippen LogP contribution in [-0.2, 0) is 16.1 Å². The number of nitrogens with zero attached hydrogens (tertiary/aromatic N) is 2. The maximum absolute atomic E-state index is 13.2. The van der Waals surface area contributed by atoms with Gasteiger partial charge in [0.25, 0.3) is 5.91 Å². The van der Waals surface area contributed by atoms with Crippen molar-refractivity contribution in [2.24, 2.45) is 11.0 Å². The molecule has 0 radical (unpaired) electrons. The van der Waals surface area contributed by atoms with Gasteiger partial charge in [-0.05, 0) is 24.6 Å². The second-order valence-electron chi connectivity index (χ2n) is 6.44. The molecule has 0 fully saturated rings. The molecule has 2 N–H and O–H groups in total. The third kappa shape index (κ3) is 4.44. The van der Waals surface area contributed by atoms with Crippen LogP contribution in [0.15, 0.2) is 71.0 Å². The molecule has 1 atom stereocenters. The molecule has 8 heteroatoms. The van der Waals surface area contributed by atoms with Crippen molar-refractivity contribution >= 4 is 46.5 Å². The van der Waals surface area contributed by atoms with E-state index in [4.69, 9.17) is 23.2 Å². The van der Waals surface area contributed by atoms with Gasteiger partial charge in [0.2, 0.25) is 0 Å². The molecule has 1 amide bonds. The van der Waals surface area contributed by atoms with Crippen molar-refractivity contribution < 1.29 is 14.7 Å². The fourth-order valence-electron chi connectivity index (χ4n) is 2.92. The Labute approximate surface area is 178 Å². The molecule has 150 valence electrons. The number of hydrazone groups is 1. The Morgan fingerprint density at radius 1 is 1.17 bits per heavy atom. The predicted octanol–water partition coefficient (Wildman–Crippen LogP) is 4.05. The molecule has 0 aliphatic carbocycles. The summed E-state index contributed by atoms with van der Waals surface area (Å²) in [5.74, 6) is -2.57. The number of carbonyl (C=O) groups is 2. The number of allylic oxidation sites excluding steroid dienone is 1. The third-order valence-corrected chi connectivity index (χ3v) is 5.10. The SMILES string of the molecule is CC(C(=O)O)C1=NN(c2ccccc2Cl)C(=O)C1=C(CCl)NCc1ccccc1. The highest BCUT2D eigenvalue weighted by atomic mass is 35.5. The van der Waals surface area contributed by atoms with Crippen LogP contribution in [0.1, 0.15) is 12.5 Å². The summed E-state index contributed by atoms with van der Waals surface area (Å²) in [6, 6.07) is 16.3. The molecule has 0 spiro atoms. The maximum Gasteiger partial charge on any atom is 0.312 e. The Hall–Kier alpha value is -2.83. The Bertz CT molecular complexity index is 990. The largest absolute Gasteiger partial charge is 0.481 e. The monoisotopic (exact) mass is 431 g/mol. The van der Waals surface area contributed by atoms with Crippen LogP contribution in [0.5, 0.6) is 0 Å². The number of halogens is 2. The maximum atomic E-state index is 13.2. The second kappa shape index (κ2) is 9.11. The first-order valence-electron chi connectivity index (χ1n) is 8.91. The van der Waals surface area contributed by atoms with Gasteiger partial charge in [-0.3, -0.25) is 9.59 Å². The van der Waals surface area contributed by atoms with Crippen molar-refractivity contribution in [2.45, 2.75) is 13.5 Å². The Balaban J connectivity index is 2.02. The van der Waals surface area contributed by atoms with Crippen LogP contribution in [0.4, 0.5) is 5.69 Å². The summed E-state index contributed by atoms with van der Waals surface area (Å²) in [5, 5.41) is 18.4. The molecule has 1 aliphatic rings. The number of anilines is 1. The lowest BCUT2D eigenvalue weighted by molar-refractivity contribution is -0.138. The molecular formula is C21H19Cl2N3O3. The lowest BCUT2D eigenvalue weighted by Gasteiger charge is -2.15. The number of nitrogens with one attached hydrogen (secondary N) is 1. The fraction of sp³-hybridized carbons (Fsp3) is 0.190. The van der Waals surface area contributed by atoms with Crippen LogP contribution in [0.25, 0.3) is 0 Å². The molecule has 1 aliphatic heterocycles. The van der Waals surface area contributed by atoms with Crippen LogP contribution in [0.2, 0.25) is 5.02 Å². The van der Waals surface area contributed by atoms with Crippen LogP contribution >= 0.6 is 23.2 Å². The third-order valence-electron chi connectivity index (χ3n) is 4.52. The summed E-state index contributed by atoms with van der Waals surface area (Å²) in [6.07, 6.45) is 0. The molecule has 1 heterocycles. The van der Waals surface area contributed by atoms with Gasteiger partial charge in [-0.25, -0.2) is 0 Å². The lowest BCUT2D eigenvalue weighted by atomic mass is 9.97. The molecule has 29 heavy (non-hydrogen) atoms. The average Bonchev–Trinajstić information content (AvgIpc) is 3.06. The topological polar surface area (TPSA) is 82.0 Å². The van der Waals surface area contributed by atoms with Gasteiger partial charge in [0.05, 0.1) is 33.8 Å². The molecule has 2 aromatic carbocycles. The van der Waals surface area contributed by atoms with Gasteiger partial charge in [0.15, 0.2) is 0 Å². The highest BCUT2D eigenvalue weighted by Crippen LogP contribution is 2.32. The van der Waals surface area contributed by atoms with Crippen molar-refractivity contribution in [1.82, 2.24) is 5.32 Å². The number of amides is 1. The summed E-state index contributed by atoms with van der Waals surface area (Å²) in [4.78, 5) is 24.8. The Kier molecular flexibility index (Phi) is 6.56. The number of carboxylic acids is 1. The zero-order valence-corrected chi connectivity index (χ0v) is 17.1. The van der Waals surface area contributed by atoms with Crippen LogP contribution in [-0.4, -0.2) is 28.6 Å². The number of rotatable bonds is 7. The van der Waals surface area contributed by atoms with Gasteiger partial charge >= 0.3 is 5.97 Å². The number of hydrogen-bond donors (Lipinski definition) is 2. The first-order chi connectivity index (χ1) is 13.9. The van der Waals surface area contributed by atoms with E-state index in [2.05, 4.69) is 10.4 Å². The molecule has 6 nitrogen and oxygen atoms in total. The van der Waals surface area contributed by atoms with E-state index in [-0.39, 0.29) is 17.2 Å². The van der Waals surface area contributed by atoms with Gasteiger partial charge in [-0.15, -0.1) is 11.6 Å². The zero-order chi connectivity index (χ0) is 21.0. The first kappa shape index (κ1) is 20.9. The number of para-hydroxylation sites is 1. The van der Waals surface area contributed by atoms with E-state index in [1.807, 2.05) is 30.3 Å². The molecule has 3 rings (SSSR count). The van der Waals surface area contributed by atoms with Crippen molar-refractivity contribution in [1.29, 1.82) is 0 Å². The van der Waals surface area contributed by atoms with E-state index in [1.165, 1.54) is 6.92 Å². The lowest BCUT2D eigenvalue weighted by Crippen LogP contribution is -2.29. The summed E-state index contributed by atoms with van der Waals surface area (Å²) >= 11 is 12.4. The van der Waals surface area contributed by atoms with Crippen LogP contribution in [0.3, 0.4) is 0 Å². The molecule has 2 aromatic rings. The summed E-state index contributed by atoms with van der Waals surface area (Å²) in [5.41, 5.74) is 2.08. The number of benzene rings is 2. The van der Waals surface area contributed by atoms with E-state index in [0.717, 1.165) is 10.6 Å². The molecule has 1 unspecified atom stereocenters. The van der Waals surface area contributed by atoms with E-state index >= 15 is 0 Å². The van der Waals surface area contributed by atoms with Crippen molar-refractivity contribution in [2.75, 3.05) is 10.9 Å². The van der Waals surface area contributed by atoms with E-state index in [1.54, 1.807) is 24.3 Å². The fourth-order valence-corrected chi connectivity index (χ4v) is 3.36. The summed E-state index contributed by atoms with van der Waals surface area (Å²) in [6.45, 7) is 1.91. The van der Waals surface area contributed by atoms with E-state index in [0.29, 0.717) is 23.0 Å². The molecule has 0 saturated heterocycles. The van der Waals surface area contributed by atoms with Crippen LogP contribution in [0, 0.1) is 5.92 Å². The average molecular weight is 432 g/mol. The minimum atomic E-state index is -1.09. The van der Waals surface area contributed by atoms with Crippen molar-refractivity contribution in [3.05, 3.63) is 76.5 Å². The summed E-state index contributed by atoms with van der Waals surface area (Å²) in [7, 11) is 0. The van der Waals surface area contributed by atoms with Gasteiger partial charge in [0.1, 0.15) is 0 Å². The van der Waals surface area contributed by atoms with E-state index in [9.17, 15) is 14.7 Å². The Morgan fingerprint density at radius 3 is 2.45 bits per heavy atom. The standard InChI is InChI=1S/C21H19Cl2N3O3/c1-13(21(28)29)19-18(16(11-22)24-12-14-7-3-2-4-8-14)20(27)26(25-19)17-10-6-5-9-15(17)23/h2-10,13,24H,11-12H2,1H3,(H,28,29). The highest BCUT2D eigenvalue weighted by molar-refractivity contribution is 6.38.